The second-order valence-electron chi connectivity index (χ2n) is 5.76. The number of aliphatic carboxylic acids is 1. The molecule has 0 spiro atoms. The quantitative estimate of drug-likeness (QED) is 0.724. The van der Waals surface area contributed by atoms with Gasteiger partial charge in [0.1, 0.15) is 0 Å². The Balaban J connectivity index is 2.45. The molecular formula is C13H22O2. The molecule has 1 fully saturated rings. The lowest BCUT2D eigenvalue weighted by atomic mass is 9.67. The number of carboxylic acids is 1. The van der Waals surface area contributed by atoms with Crippen molar-refractivity contribution >= 4 is 5.97 Å². The van der Waals surface area contributed by atoms with Crippen molar-refractivity contribution in [2.75, 3.05) is 0 Å². The van der Waals surface area contributed by atoms with Crippen molar-refractivity contribution in [1.29, 1.82) is 0 Å². The molecule has 1 rings (SSSR count). The van der Waals surface area contributed by atoms with E-state index in [1.165, 1.54) is 25.3 Å². The van der Waals surface area contributed by atoms with Gasteiger partial charge in [0, 0.05) is 6.08 Å². The lowest BCUT2D eigenvalue weighted by Crippen LogP contribution is -2.27. The third kappa shape index (κ3) is 4.50. The summed E-state index contributed by atoms with van der Waals surface area (Å²) in [4.78, 5) is 10.3. The van der Waals surface area contributed by atoms with Gasteiger partial charge < -0.3 is 5.11 Å². The summed E-state index contributed by atoms with van der Waals surface area (Å²) < 4.78 is 0. The minimum absolute atomic E-state index is 0.430. The first-order valence-corrected chi connectivity index (χ1v) is 5.78. The number of carbonyl (C=O) groups is 1. The van der Waals surface area contributed by atoms with Crippen molar-refractivity contribution < 1.29 is 9.90 Å². The Kier molecular flexibility index (Phi) is 3.95. The van der Waals surface area contributed by atoms with E-state index in [-0.39, 0.29) is 0 Å². The summed E-state index contributed by atoms with van der Waals surface area (Å²) in [7, 11) is 0. The number of allylic oxidation sites excluding steroid dienone is 1. The lowest BCUT2D eigenvalue weighted by Gasteiger charge is -2.38. The molecule has 1 N–H and O–H groups in total. The van der Waals surface area contributed by atoms with Gasteiger partial charge in [-0.3, -0.25) is 0 Å². The number of carboxylic acid groups (broad SMARTS) is 1. The van der Waals surface area contributed by atoms with Crippen LogP contribution in [-0.4, -0.2) is 11.1 Å². The van der Waals surface area contributed by atoms with E-state index in [2.05, 4.69) is 20.8 Å². The van der Waals surface area contributed by atoms with E-state index in [1.807, 2.05) is 0 Å². The van der Waals surface area contributed by atoms with Gasteiger partial charge in [-0.05, 0) is 42.9 Å². The van der Waals surface area contributed by atoms with Crippen molar-refractivity contribution in [3.63, 3.8) is 0 Å². The zero-order chi connectivity index (χ0) is 11.5. The summed E-state index contributed by atoms with van der Waals surface area (Å²) >= 11 is 0. The third-order valence-corrected chi connectivity index (χ3v) is 3.21. The maximum Gasteiger partial charge on any atom is 0.327 e. The molecule has 2 atom stereocenters. The van der Waals surface area contributed by atoms with Crippen LogP contribution in [0.4, 0.5) is 0 Å². The van der Waals surface area contributed by atoms with Gasteiger partial charge in [-0.15, -0.1) is 0 Å². The normalized spacial score (nSPS) is 30.6. The average molecular weight is 210 g/mol. The Morgan fingerprint density at radius 1 is 1.47 bits per heavy atom. The van der Waals surface area contributed by atoms with Crippen molar-refractivity contribution in [2.45, 2.75) is 46.5 Å². The van der Waals surface area contributed by atoms with Crippen molar-refractivity contribution in [2.24, 2.45) is 17.3 Å². The predicted octanol–water partition coefficient (Wildman–Crippen LogP) is 3.48. The van der Waals surface area contributed by atoms with Crippen LogP contribution in [0.5, 0.6) is 0 Å². The van der Waals surface area contributed by atoms with Gasteiger partial charge in [-0.25, -0.2) is 4.79 Å². The zero-order valence-electron chi connectivity index (χ0n) is 9.99. The van der Waals surface area contributed by atoms with Crippen molar-refractivity contribution in [3.05, 3.63) is 12.2 Å². The fourth-order valence-electron chi connectivity index (χ4n) is 3.08. The van der Waals surface area contributed by atoms with Crippen LogP contribution < -0.4 is 0 Å². The molecule has 2 heteroatoms. The van der Waals surface area contributed by atoms with Gasteiger partial charge in [-0.2, -0.15) is 0 Å². The molecule has 0 aromatic rings. The third-order valence-electron chi connectivity index (χ3n) is 3.21. The molecular weight excluding hydrogens is 188 g/mol. The highest BCUT2D eigenvalue weighted by molar-refractivity contribution is 5.79. The van der Waals surface area contributed by atoms with Crippen LogP contribution >= 0.6 is 0 Å². The van der Waals surface area contributed by atoms with E-state index in [4.69, 9.17) is 5.11 Å². The van der Waals surface area contributed by atoms with Crippen LogP contribution in [0.25, 0.3) is 0 Å². The Hall–Kier alpha value is -0.790. The smallest absolute Gasteiger partial charge is 0.327 e. The summed E-state index contributed by atoms with van der Waals surface area (Å²) in [6, 6.07) is 0. The molecule has 1 aliphatic rings. The molecule has 2 unspecified atom stereocenters. The van der Waals surface area contributed by atoms with Gasteiger partial charge in [0.2, 0.25) is 0 Å². The Morgan fingerprint density at radius 3 is 2.67 bits per heavy atom. The Labute approximate surface area is 92.4 Å². The number of hydrogen-bond acceptors (Lipinski definition) is 1. The first-order valence-electron chi connectivity index (χ1n) is 5.78. The summed E-state index contributed by atoms with van der Waals surface area (Å²) in [5.41, 5.74) is 0.430. The maximum atomic E-state index is 10.3. The van der Waals surface area contributed by atoms with E-state index in [1.54, 1.807) is 6.08 Å². The van der Waals surface area contributed by atoms with Crippen LogP contribution in [0.2, 0.25) is 0 Å². The van der Waals surface area contributed by atoms with Crippen molar-refractivity contribution in [3.8, 4) is 0 Å². The van der Waals surface area contributed by atoms with Crippen LogP contribution in [-0.2, 0) is 4.79 Å². The molecule has 0 saturated heterocycles. The number of hydrogen-bond donors (Lipinski definition) is 1. The SMILES string of the molecule is CC1CC(C/C=C/C(=O)O)CC(C)(C)C1. The minimum atomic E-state index is -0.835. The topological polar surface area (TPSA) is 37.3 Å². The monoisotopic (exact) mass is 210 g/mol. The van der Waals surface area contributed by atoms with Crippen LogP contribution in [0.3, 0.4) is 0 Å². The highest BCUT2D eigenvalue weighted by atomic mass is 16.4. The minimum Gasteiger partial charge on any atom is -0.478 e. The first kappa shape index (κ1) is 12.3. The molecule has 0 heterocycles. The molecule has 0 amide bonds. The zero-order valence-corrected chi connectivity index (χ0v) is 9.99. The van der Waals surface area contributed by atoms with Gasteiger partial charge in [0.15, 0.2) is 0 Å². The highest BCUT2D eigenvalue weighted by Gasteiger charge is 2.31. The van der Waals surface area contributed by atoms with Gasteiger partial charge in [0.25, 0.3) is 0 Å². The van der Waals surface area contributed by atoms with E-state index < -0.39 is 5.97 Å². The van der Waals surface area contributed by atoms with E-state index in [0.717, 1.165) is 12.3 Å². The van der Waals surface area contributed by atoms with E-state index in [9.17, 15) is 4.79 Å². The summed E-state index contributed by atoms with van der Waals surface area (Å²) in [5, 5.41) is 8.51. The van der Waals surface area contributed by atoms with Crippen LogP contribution in [0.15, 0.2) is 12.2 Å². The number of rotatable bonds is 3. The van der Waals surface area contributed by atoms with E-state index >= 15 is 0 Å². The maximum absolute atomic E-state index is 10.3. The van der Waals surface area contributed by atoms with Gasteiger partial charge >= 0.3 is 5.97 Å². The molecule has 0 aromatic carbocycles. The fraction of sp³-hybridized carbons (Fsp3) is 0.769. The second-order valence-corrected chi connectivity index (χ2v) is 5.76. The molecule has 2 nitrogen and oxygen atoms in total. The first-order chi connectivity index (χ1) is 6.89. The molecule has 0 bridgehead atoms. The summed E-state index contributed by atoms with van der Waals surface area (Å²) in [6.07, 6.45) is 7.76. The molecule has 0 aliphatic heterocycles. The predicted molar refractivity (Wildman–Crippen MR) is 61.7 cm³/mol. The Morgan fingerprint density at radius 2 is 2.13 bits per heavy atom. The fourth-order valence-corrected chi connectivity index (χ4v) is 3.08. The van der Waals surface area contributed by atoms with Crippen LogP contribution in [0.1, 0.15) is 46.5 Å². The van der Waals surface area contributed by atoms with E-state index in [0.29, 0.717) is 11.3 Å². The molecule has 86 valence electrons. The van der Waals surface area contributed by atoms with Gasteiger partial charge in [0.05, 0.1) is 0 Å². The summed E-state index contributed by atoms with van der Waals surface area (Å²) in [5.74, 6) is 0.606. The van der Waals surface area contributed by atoms with Crippen molar-refractivity contribution in [1.82, 2.24) is 0 Å². The van der Waals surface area contributed by atoms with Gasteiger partial charge in [-0.1, -0.05) is 26.8 Å². The standard InChI is InChI=1S/C13H22O2/c1-10-7-11(5-4-6-12(14)15)9-13(2,3)8-10/h4,6,10-11H,5,7-9H2,1-3H3,(H,14,15)/b6-4+. The summed E-state index contributed by atoms with van der Waals surface area (Å²) in [6.45, 7) is 6.93. The lowest BCUT2D eigenvalue weighted by molar-refractivity contribution is -0.131. The largest absolute Gasteiger partial charge is 0.478 e. The molecule has 1 saturated carbocycles. The Bertz CT molecular complexity index is 253. The highest BCUT2D eigenvalue weighted by Crippen LogP contribution is 2.42. The molecule has 15 heavy (non-hydrogen) atoms. The molecule has 0 aromatic heterocycles. The molecule has 1 aliphatic carbocycles. The second kappa shape index (κ2) is 4.82. The average Bonchev–Trinajstić information content (AvgIpc) is 1.98. The molecule has 0 radical (unpaired) electrons. The van der Waals surface area contributed by atoms with Crippen LogP contribution in [0, 0.1) is 17.3 Å².